The lowest BCUT2D eigenvalue weighted by molar-refractivity contribution is 0.143. The van der Waals surface area contributed by atoms with Gasteiger partial charge >= 0.3 is 0 Å². The number of benzene rings is 1. The first-order chi connectivity index (χ1) is 14.7. The molecule has 1 aromatic carbocycles. The van der Waals surface area contributed by atoms with E-state index in [1.54, 1.807) is 0 Å². The van der Waals surface area contributed by atoms with Crippen molar-refractivity contribution in [2.75, 3.05) is 13.2 Å². The maximum Gasteiger partial charge on any atom is 0.300 e. The predicted molar refractivity (Wildman–Crippen MR) is 113 cm³/mol. The van der Waals surface area contributed by atoms with Crippen molar-refractivity contribution in [1.82, 2.24) is 9.55 Å². The fraction of sp³-hybridized carbons (Fsp3) is 0.583. The fourth-order valence-electron chi connectivity index (χ4n) is 5.81. The number of aromatic nitrogens is 2. The van der Waals surface area contributed by atoms with Crippen molar-refractivity contribution in [3.63, 3.8) is 0 Å². The lowest BCUT2D eigenvalue weighted by atomic mass is 9.62. The highest BCUT2D eigenvalue weighted by Gasteiger charge is 2.37. The van der Waals surface area contributed by atoms with Gasteiger partial charge in [-0.1, -0.05) is 25.0 Å². The van der Waals surface area contributed by atoms with E-state index >= 15 is 0 Å². The summed E-state index contributed by atoms with van der Waals surface area (Å²) >= 11 is 0. The minimum absolute atomic E-state index is 0.0148. The summed E-state index contributed by atoms with van der Waals surface area (Å²) in [6.45, 7) is 0.949. The van der Waals surface area contributed by atoms with Crippen molar-refractivity contribution < 1.29 is 14.6 Å². The van der Waals surface area contributed by atoms with Gasteiger partial charge in [-0.05, 0) is 61.1 Å². The zero-order valence-electron chi connectivity index (χ0n) is 17.3. The number of hydrogen-bond donors (Lipinski definition) is 1. The molecule has 5 rings (SSSR count). The van der Waals surface area contributed by atoms with Crippen molar-refractivity contribution in [2.24, 2.45) is 11.8 Å². The largest absolute Gasteiger partial charge is 0.490 e. The molecule has 0 unspecified atom stereocenters. The summed E-state index contributed by atoms with van der Waals surface area (Å²) in [5.74, 6) is 3.29. The van der Waals surface area contributed by atoms with Crippen LogP contribution in [0, 0.1) is 11.8 Å². The quantitative estimate of drug-likeness (QED) is 0.791. The molecule has 1 N–H and O–H groups in total. The highest BCUT2D eigenvalue weighted by atomic mass is 16.6. The highest BCUT2D eigenvalue weighted by Crippen LogP contribution is 2.49. The van der Waals surface area contributed by atoms with Gasteiger partial charge in [0.2, 0.25) is 0 Å². The number of hydrogen-bond acceptors (Lipinski definition) is 5. The molecule has 2 bridgehead atoms. The van der Waals surface area contributed by atoms with Crippen molar-refractivity contribution in [2.45, 2.75) is 63.5 Å². The van der Waals surface area contributed by atoms with Crippen molar-refractivity contribution in [1.29, 1.82) is 0 Å². The first kappa shape index (κ1) is 19.6. The Morgan fingerprint density at radius 3 is 2.47 bits per heavy atom. The van der Waals surface area contributed by atoms with Crippen LogP contribution >= 0.6 is 0 Å². The molecule has 1 atom stereocenters. The summed E-state index contributed by atoms with van der Waals surface area (Å²) in [7, 11) is 0. The Bertz CT molecular complexity index is 917. The van der Waals surface area contributed by atoms with Gasteiger partial charge in [0.1, 0.15) is 12.4 Å². The fourth-order valence-corrected chi connectivity index (χ4v) is 5.81. The molecule has 0 saturated heterocycles. The van der Waals surface area contributed by atoms with Gasteiger partial charge in [-0.25, -0.2) is 0 Å². The molecule has 1 aromatic heterocycles. The molecule has 1 aliphatic heterocycles. The molecular weight excluding hydrogens is 380 g/mol. The maximum absolute atomic E-state index is 11.7. The third-order valence-corrected chi connectivity index (χ3v) is 7.12. The molecule has 0 radical (unpaired) electrons. The molecular formula is C24H30N2O4. The Morgan fingerprint density at radius 2 is 1.80 bits per heavy atom. The van der Waals surface area contributed by atoms with Gasteiger partial charge < -0.3 is 14.6 Å². The van der Waals surface area contributed by atoms with E-state index in [0.717, 1.165) is 29.2 Å². The van der Waals surface area contributed by atoms with Gasteiger partial charge in [-0.15, -0.1) is 0 Å². The summed E-state index contributed by atoms with van der Waals surface area (Å²) in [5.41, 5.74) is 1.88. The number of nitrogens with zero attached hydrogens (tertiary/aromatic N) is 2. The van der Waals surface area contributed by atoms with Crippen LogP contribution in [0.2, 0.25) is 0 Å². The molecule has 0 spiro atoms. The van der Waals surface area contributed by atoms with E-state index in [4.69, 9.17) is 9.47 Å². The smallest absolute Gasteiger partial charge is 0.300 e. The Kier molecular flexibility index (Phi) is 5.50. The second-order valence-electron chi connectivity index (χ2n) is 8.98. The molecule has 2 aromatic rings. The topological polar surface area (TPSA) is 73.6 Å². The molecule has 6 heteroatoms. The summed E-state index contributed by atoms with van der Waals surface area (Å²) in [6, 6.07) is 10.4. The summed E-state index contributed by atoms with van der Waals surface area (Å²) in [5, 5.41) is 9.23. The standard InChI is InChI=1S/C24H30N2O4/c27-12-11-19-13-22(28)25-24-26(19)14-21(30-24)15-29-20-9-7-18(8-10-20)23-16-3-1-4-17(23)6-2-5-16/h7-10,13,16-17,21,23,27H,1-6,11-12,14-15H2/t16?,17?,21-,23?/m0/s1. The first-order valence-electron chi connectivity index (χ1n) is 11.3. The van der Waals surface area contributed by atoms with Crippen molar-refractivity contribution in [3.8, 4) is 11.8 Å². The average molecular weight is 411 g/mol. The van der Waals surface area contributed by atoms with E-state index < -0.39 is 0 Å². The summed E-state index contributed by atoms with van der Waals surface area (Å²) in [6.07, 6.45) is 8.54. The van der Waals surface area contributed by atoms with Crippen molar-refractivity contribution >= 4 is 0 Å². The Balaban J connectivity index is 1.21. The van der Waals surface area contributed by atoms with Gasteiger partial charge in [0.05, 0.1) is 6.54 Å². The van der Waals surface area contributed by atoms with Gasteiger partial charge in [0, 0.05) is 24.8 Å². The molecule has 0 amide bonds. The molecule has 6 nitrogen and oxygen atoms in total. The van der Waals surface area contributed by atoms with Gasteiger partial charge in [-0.3, -0.25) is 9.36 Å². The zero-order valence-corrected chi connectivity index (χ0v) is 17.3. The van der Waals surface area contributed by atoms with Crippen LogP contribution in [0.4, 0.5) is 0 Å². The second-order valence-corrected chi connectivity index (χ2v) is 8.98. The number of fused-ring (bicyclic) bond motifs is 3. The maximum atomic E-state index is 11.7. The van der Waals surface area contributed by atoms with Crippen LogP contribution in [-0.2, 0) is 13.0 Å². The van der Waals surface area contributed by atoms with Crippen LogP contribution in [0.15, 0.2) is 35.1 Å². The predicted octanol–water partition coefficient (Wildman–Crippen LogP) is 3.30. The number of ether oxygens (including phenoxy) is 2. The third kappa shape index (κ3) is 3.85. The molecule has 30 heavy (non-hydrogen) atoms. The molecule has 2 saturated carbocycles. The highest BCUT2D eigenvalue weighted by molar-refractivity contribution is 5.31. The third-order valence-electron chi connectivity index (χ3n) is 7.12. The zero-order chi connectivity index (χ0) is 20.5. The first-order valence-corrected chi connectivity index (χ1v) is 11.3. The van der Waals surface area contributed by atoms with E-state index in [1.807, 2.05) is 4.57 Å². The van der Waals surface area contributed by atoms with E-state index in [9.17, 15) is 9.90 Å². The van der Waals surface area contributed by atoms with Crippen molar-refractivity contribution in [3.05, 3.63) is 51.9 Å². The molecule has 2 fully saturated rings. The molecule has 3 aliphatic rings. The van der Waals surface area contributed by atoms with Crippen LogP contribution in [0.1, 0.15) is 55.7 Å². The summed E-state index contributed by atoms with van der Waals surface area (Å²) < 4.78 is 13.7. The van der Waals surface area contributed by atoms with E-state index in [1.165, 1.54) is 50.2 Å². The van der Waals surface area contributed by atoms with E-state index in [2.05, 4.69) is 29.2 Å². The summed E-state index contributed by atoms with van der Waals surface area (Å²) in [4.78, 5) is 15.7. The van der Waals surface area contributed by atoms with Crippen LogP contribution in [0.5, 0.6) is 11.8 Å². The monoisotopic (exact) mass is 410 g/mol. The molecule has 2 heterocycles. The number of aliphatic hydroxyl groups is 1. The van der Waals surface area contributed by atoms with E-state index in [-0.39, 0.29) is 18.3 Å². The van der Waals surface area contributed by atoms with Crippen LogP contribution < -0.4 is 15.0 Å². The SMILES string of the molecule is O=c1cc(CCO)n2c(n1)O[C@H](COc1ccc(C3C4CCCC3CCC4)cc1)C2. The van der Waals surface area contributed by atoms with Gasteiger partial charge in [-0.2, -0.15) is 4.98 Å². The van der Waals surface area contributed by atoms with E-state index in [0.29, 0.717) is 25.6 Å². The average Bonchev–Trinajstić information content (AvgIpc) is 3.15. The Labute approximate surface area is 176 Å². The minimum atomic E-state index is -0.339. The van der Waals surface area contributed by atoms with Crippen LogP contribution in [0.25, 0.3) is 0 Å². The number of aliphatic hydroxyl groups excluding tert-OH is 1. The van der Waals surface area contributed by atoms with Gasteiger partial charge in [0.25, 0.3) is 11.6 Å². The lowest BCUT2D eigenvalue weighted by Crippen LogP contribution is -2.30. The van der Waals surface area contributed by atoms with Gasteiger partial charge in [0.15, 0.2) is 6.10 Å². The van der Waals surface area contributed by atoms with Crippen LogP contribution in [0.3, 0.4) is 0 Å². The van der Waals surface area contributed by atoms with Crippen LogP contribution in [-0.4, -0.2) is 34.0 Å². The lowest BCUT2D eigenvalue weighted by Gasteiger charge is -2.43. The normalized spacial score (nSPS) is 27.4. The molecule has 2 aliphatic carbocycles. The Hall–Kier alpha value is -2.34. The minimum Gasteiger partial charge on any atom is -0.490 e. The Morgan fingerprint density at radius 1 is 1.10 bits per heavy atom. The number of rotatable bonds is 6. The molecule has 160 valence electrons. The second kappa shape index (κ2) is 8.42.